The lowest BCUT2D eigenvalue weighted by molar-refractivity contribution is 0.0681. The molecule has 74 valence electrons. The third kappa shape index (κ3) is 1.95. The molecule has 0 fully saturated rings. The fourth-order valence-electron chi connectivity index (χ4n) is 1.56. The smallest absolute Gasteiger partial charge is 0.114 e. The van der Waals surface area contributed by atoms with Crippen molar-refractivity contribution in [3.8, 4) is 0 Å². The second kappa shape index (κ2) is 3.35. The third-order valence-corrected chi connectivity index (χ3v) is 3.12. The van der Waals surface area contributed by atoms with Gasteiger partial charge in [0, 0.05) is 11.1 Å². The van der Waals surface area contributed by atoms with Crippen LogP contribution in [0.15, 0.2) is 29.6 Å². The van der Waals surface area contributed by atoms with E-state index in [4.69, 9.17) is 5.73 Å². The first-order valence-corrected chi connectivity index (χ1v) is 5.40. The molecule has 3 N–H and O–H groups in total. The van der Waals surface area contributed by atoms with Crippen LogP contribution in [0.1, 0.15) is 12.5 Å². The highest BCUT2D eigenvalue weighted by Crippen LogP contribution is 2.27. The lowest BCUT2D eigenvalue weighted by Crippen LogP contribution is -2.37. The highest BCUT2D eigenvalue weighted by Gasteiger charge is 2.16. The van der Waals surface area contributed by atoms with Crippen LogP contribution < -0.4 is 5.73 Å². The van der Waals surface area contributed by atoms with Crippen molar-refractivity contribution in [1.29, 1.82) is 0 Å². The zero-order chi connectivity index (χ0) is 10.2. The summed E-state index contributed by atoms with van der Waals surface area (Å²) in [6.07, 6.45) is 0.497. The number of thiophene rings is 1. The van der Waals surface area contributed by atoms with E-state index >= 15 is 0 Å². The fraction of sp³-hybridized carbons (Fsp3) is 0.273. The predicted molar refractivity (Wildman–Crippen MR) is 60.3 cm³/mol. The molecule has 0 amide bonds. The van der Waals surface area contributed by atoms with Gasteiger partial charge in [0.15, 0.2) is 0 Å². The molecule has 0 unspecified atom stereocenters. The first-order chi connectivity index (χ1) is 6.56. The van der Waals surface area contributed by atoms with Gasteiger partial charge in [0.25, 0.3) is 0 Å². The van der Waals surface area contributed by atoms with Gasteiger partial charge in [-0.3, -0.25) is 0 Å². The van der Waals surface area contributed by atoms with Gasteiger partial charge in [-0.05, 0) is 29.3 Å². The van der Waals surface area contributed by atoms with Crippen LogP contribution in [0.3, 0.4) is 0 Å². The van der Waals surface area contributed by atoms with Gasteiger partial charge in [-0.25, -0.2) is 0 Å². The summed E-state index contributed by atoms with van der Waals surface area (Å²) in [5.74, 6) is 0. The van der Waals surface area contributed by atoms with Gasteiger partial charge in [0.2, 0.25) is 0 Å². The summed E-state index contributed by atoms with van der Waals surface area (Å²) in [7, 11) is 0. The minimum atomic E-state index is -1.12. The van der Waals surface area contributed by atoms with Crippen molar-refractivity contribution < 1.29 is 5.11 Å². The number of aliphatic hydroxyl groups is 1. The minimum absolute atomic E-state index is 0.497. The highest BCUT2D eigenvalue weighted by molar-refractivity contribution is 7.17. The molecule has 1 aromatic carbocycles. The Bertz CT molecular complexity index is 442. The van der Waals surface area contributed by atoms with Crippen molar-refractivity contribution in [1.82, 2.24) is 0 Å². The predicted octanol–water partition coefficient (Wildman–Crippen LogP) is 2.11. The Morgan fingerprint density at radius 1 is 1.43 bits per heavy atom. The Labute approximate surface area is 87.0 Å². The largest absolute Gasteiger partial charge is 0.376 e. The van der Waals surface area contributed by atoms with E-state index in [0.29, 0.717) is 6.42 Å². The number of rotatable bonds is 2. The van der Waals surface area contributed by atoms with Gasteiger partial charge in [0.1, 0.15) is 5.72 Å². The van der Waals surface area contributed by atoms with Gasteiger partial charge in [-0.1, -0.05) is 18.2 Å². The first kappa shape index (κ1) is 9.65. The average molecular weight is 207 g/mol. The van der Waals surface area contributed by atoms with Gasteiger partial charge in [0.05, 0.1) is 0 Å². The van der Waals surface area contributed by atoms with Crippen molar-refractivity contribution in [3.63, 3.8) is 0 Å². The van der Waals surface area contributed by atoms with E-state index < -0.39 is 5.72 Å². The summed E-state index contributed by atoms with van der Waals surface area (Å²) in [4.78, 5) is 0. The number of hydrogen-bond donors (Lipinski definition) is 2. The van der Waals surface area contributed by atoms with E-state index in [-0.39, 0.29) is 0 Å². The van der Waals surface area contributed by atoms with E-state index in [9.17, 15) is 5.11 Å². The van der Waals surface area contributed by atoms with E-state index in [1.807, 2.05) is 12.1 Å². The molecule has 1 atom stereocenters. The van der Waals surface area contributed by atoms with Crippen LogP contribution in [0.25, 0.3) is 10.1 Å². The molecule has 0 aliphatic rings. The van der Waals surface area contributed by atoms with Crippen molar-refractivity contribution in [2.24, 2.45) is 5.73 Å². The molecule has 14 heavy (non-hydrogen) atoms. The maximum atomic E-state index is 9.53. The molecule has 2 aromatic rings. The molecule has 0 aliphatic carbocycles. The molecule has 3 heteroatoms. The molecule has 0 radical (unpaired) electrons. The second-order valence-corrected chi connectivity index (χ2v) is 4.70. The topological polar surface area (TPSA) is 46.2 Å². The summed E-state index contributed by atoms with van der Waals surface area (Å²) in [6.45, 7) is 1.62. The van der Waals surface area contributed by atoms with Gasteiger partial charge in [-0.2, -0.15) is 0 Å². The lowest BCUT2D eigenvalue weighted by atomic mass is 10.0. The zero-order valence-electron chi connectivity index (χ0n) is 8.03. The molecule has 2 rings (SSSR count). The molecular formula is C11H13NOS. The molecule has 0 saturated carbocycles. The van der Waals surface area contributed by atoms with Crippen LogP contribution >= 0.6 is 11.3 Å². The average Bonchev–Trinajstić information content (AvgIpc) is 2.47. The fourth-order valence-corrected chi connectivity index (χ4v) is 2.52. The van der Waals surface area contributed by atoms with Crippen molar-refractivity contribution in [2.75, 3.05) is 0 Å². The molecule has 0 bridgehead atoms. The van der Waals surface area contributed by atoms with E-state index in [2.05, 4.69) is 17.5 Å². The van der Waals surface area contributed by atoms with Crippen LogP contribution in [0.5, 0.6) is 0 Å². The van der Waals surface area contributed by atoms with Gasteiger partial charge < -0.3 is 10.8 Å². The Kier molecular flexibility index (Phi) is 2.31. The third-order valence-electron chi connectivity index (χ3n) is 2.11. The maximum Gasteiger partial charge on any atom is 0.114 e. The molecule has 2 nitrogen and oxygen atoms in total. The van der Waals surface area contributed by atoms with Crippen LogP contribution in [-0.4, -0.2) is 10.8 Å². The second-order valence-electron chi connectivity index (χ2n) is 3.79. The summed E-state index contributed by atoms with van der Waals surface area (Å²) in [5.41, 5.74) is 5.58. The lowest BCUT2D eigenvalue weighted by Gasteiger charge is -2.16. The summed E-state index contributed by atoms with van der Waals surface area (Å²) in [6, 6.07) is 8.16. The van der Waals surface area contributed by atoms with E-state index in [0.717, 1.165) is 5.56 Å². The summed E-state index contributed by atoms with van der Waals surface area (Å²) < 4.78 is 1.24. The van der Waals surface area contributed by atoms with Gasteiger partial charge in [-0.15, -0.1) is 11.3 Å². The summed E-state index contributed by atoms with van der Waals surface area (Å²) in [5, 5.41) is 12.8. The van der Waals surface area contributed by atoms with Crippen molar-refractivity contribution >= 4 is 21.4 Å². The summed E-state index contributed by atoms with van der Waals surface area (Å²) >= 11 is 1.69. The zero-order valence-corrected chi connectivity index (χ0v) is 8.84. The molecule has 1 aromatic heterocycles. The Morgan fingerprint density at radius 2 is 2.14 bits per heavy atom. The highest BCUT2D eigenvalue weighted by atomic mass is 32.1. The quantitative estimate of drug-likeness (QED) is 0.741. The Morgan fingerprint density at radius 3 is 2.86 bits per heavy atom. The van der Waals surface area contributed by atoms with Crippen molar-refractivity contribution in [2.45, 2.75) is 19.1 Å². The van der Waals surface area contributed by atoms with E-state index in [1.54, 1.807) is 18.3 Å². The Hall–Kier alpha value is -0.900. The Balaban J connectivity index is 2.44. The van der Waals surface area contributed by atoms with Crippen LogP contribution in [0, 0.1) is 0 Å². The monoisotopic (exact) mass is 207 g/mol. The minimum Gasteiger partial charge on any atom is -0.376 e. The van der Waals surface area contributed by atoms with Crippen LogP contribution in [0.2, 0.25) is 0 Å². The molecule has 0 aliphatic heterocycles. The number of fused-ring (bicyclic) bond motifs is 1. The standard InChI is InChI=1S/C11H13NOS/c1-11(12,13)6-8-7-14-10-5-3-2-4-9(8)10/h2-5,7,13H,6,12H2,1H3/t11-/m0/s1. The first-order valence-electron chi connectivity index (χ1n) is 4.53. The number of hydrogen-bond acceptors (Lipinski definition) is 3. The van der Waals surface area contributed by atoms with Crippen LogP contribution in [0.4, 0.5) is 0 Å². The van der Waals surface area contributed by atoms with Crippen LogP contribution in [-0.2, 0) is 6.42 Å². The SMILES string of the molecule is C[C@](N)(O)Cc1csc2ccccc12. The number of nitrogens with two attached hydrogens (primary N) is 1. The molecular weight excluding hydrogens is 194 g/mol. The maximum absolute atomic E-state index is 9.53. The number of benzene rings is 1. The van der Waals surface area contributed by atoms with Crippen molar-refractivity contribution in [3.05, 3.63) is 35.2 Å². The van der Waals surface area contributed by atoms with E-state index in [1.165, 1.54) is 10.1 Å². The van der Waals surface area contributed by atoms with Gasteiger partial charge >= 0.3 is 0 Å². The molecule has 0 spiro atoms. The normalized spacial score (nSPS) is 15.6. The molecule has 1 heterocycles. The molecule has 0 saturated heterocycles.